The Balaban J connectivity index is 0. The van der Waals surface area contributed by atoms with E-state index in [0.717, 1.165) is 38.5 Å². The fraction of sp³-hybridized carbons (Fsp3) is 1.00. The molecule has 0 aliphatic carbocycles. The van der Waals surface area contributed by atoms with E-state index in [1.54, 1.807) is 0 Å². The van der Waals surface area contributed by atoms with Crippen LogP contribution in [-0.2, 0) is 10.4 Å². The maximum atomic E-state index is 12.5. The van der Waals surface area contributed by atoms with Crippen molar-refractivity contribution in [1.29, 1.82) is 0 Å². The molecular formula is C12H23F4NaO4S. The van der Waals surface area contributed by atoms with E-state index < -0.39 is 26.4 Å². The van der Waals surface area contributed by atoms with E-state index in [4.69, 9.17) is 17.5 Å². The van der Waals surface area contributed by atoms with Crippen LogP contribution in [0.3, 0.4) is 0 Å². The minimum Gasteiger partial charge on any atom is -0.264 e. The number of unbranched alkanes of at least 4 members (excludes halogenated alkanes) is 7. The van der Waals surface area contributed by atoms with Gasteiger partial charge < -0.3 is 0 Å². The van der Waals surface area contributed by atoms with Crippen molar-refractivity contribution in [3.8, 4) is 0 Å². The molecule has 0 spiro atoms. The van der Waals surface area contributed by atoms with Crippen LogP contribution in [0.5, 0.6) is 0 Å². The first-order valence-electron chi connectivity index (χ1n) is 7.32. The van der Waals surface area contributed by atoms with Crippen molar-refractivity contribution in [2.24, 2.45) is 0 Å². The SMILES string of the molecule is F[CH]([Na])CCCCCCCCCCC(F)(F)F.O=S(=O)(O)O. The summed E-state index contributed by atoms with van der Waals surface area (Å²) in [6.07, 6.45) is 3.07. The first-order valence-corrected chi connectivity index (χ1v) is 9.87. The molecule has 0 aromatic rings. The molecule has 2 N–H and O–H groups in total. The molecule has 0 bridgehead atoms. The van der Waals surface area contributed by atoms with Gasteiger partial charge in [-0.3, -0.25) is 9.11 Å². The molecule has 130 valence electrons. The van der Waals surface area contributed by atoms with Gasteiger partial charge in [0.25, 0.3) is 0 Å². The van der Waals surface area contributed by atoms with Crippen molar-refractivity contribution in [3.05, 3.63) is 0 Å². The molecule has 0 aromatic heterocycles. The number of hydrogen-bond donors (Lipinski definition) is 2. The van der Waals surface area contributed by atoms with Gasteiger partial charge in [0.15, 0.2) is 0 Å². The van der Waals surface area contributed by atoms with Crippen LogP contribution in [0, 0.1) is 0 Å². The zero-order valence-electron chi connectivity index (χ0n) is 12.8. The predicted octanol–water partition coefficient (Wildman–Crippen LogP) is 4.26. The Morgan fingerprint density at radius 1 is 0.864 bits per heavy atom. The Morgan fingerprint density at radius 3 is 1.50 bits per heavy atom. The van der Waals surface area contributed by atoms with E-state index in [1.165, 1.54) is 0 Å². The Kier molecular flexibility index (Phi) is 15.8. The second-order valence-electron chi connectivity index (χ2n) is 5.21. The van der Waals surface area contributed by atoms with Crippen LogP contribution in [0.25, 0.3) is 0 Å². The van der Waals surface area contributed by atoms with Crippen LogP contribution in [0.2, 0.25) is 0 Å². The van der Waals surface area contributed by atoms with Crippen LogP contribution < -0.4 is 0 Å². The molecule has 0 saturated carbocycles. The van der Waals surface area contributed by atoms with Crippen molar-refractivity contribution < 1.29 is 35.1 Å². The van der Waals surface area contributed by atoms with Crippen LogP contribution in [0.4, 0.5) is 17.6 Å². The molecule has 1 unspecified atom stereocenters. The average molecular weight is 362 g/mol. The number of hydrogen-bond acceptors (Lipinski definition) is 2. The molecule has 4 nitrogen and oxygen atoms in total. The minimum absolute atomic E-state index is 0.257. The van der Waals surface area contributed by atoms with E-state index >= 15 is 0 Å². The molecule has 0 fully saturated rings. The number of alkyl halides is 4. The topological polar surface area (TPSA) is 74.6 Å². The van der Waals surface area contributed by atoms with Gasteiger partial charge in [0.1, 0.15) is 0 Å². The van der Waals surface area contributed by atoms with Crippen LogP contribution in [-0.4, -0.2) is 55.1 Å². The van der Waals surface area contributed by atoms with Gasteiger partial charge in [-0.05, 0) is 0 Å². The third-order valence-corrected chi connectivity index (χ3v) is 3.39. The molecule has 0 aliphatic rings. The fourth-order valence-corrected chi connectivity index (χ4v) is 2.22. The van der Waals surface area contributed by atoms with Crippen LogP contribution >= 0.6 is 0 Å². The van der Waals surface area contributed by atoms with E-state index in [9.17, 15) is 17.6 Å². The van der Waals surface area contributed by atoms with Gasteiger partial charge in [0.2, 0.25) is 0 Å². The normalized spacial score (nSPS) is 13.5. The van der Waals surface area contributed by atoms with E-state index in [2.05, 4.69) is 0 Å². The van der Waals surface area contributed by atoms with Crippen molar-refractivity contribution in [1.82, 2.24) is 0 Å². The third-order valence-electron chi connectivity index (χ3n) is 2.81. The quantitative estimate of drug-likeness (QED) is 0.264. The smallest absolute Gasteiger partial charge is 0.264 e. The average Bonchev–Trinajstić information content (AvgIpc) is 2.27. The molecule has 22 heavy (non-hydrogen) atoms. The Morgan fingerprint density at radius 2 is 1.18 bits per heavy atom. The summed E-state index contributed by atoms with van der Waals surface area (Å²) in [6.45, 7) is 0. The molecule has 10 heteroatoms. The van der Waals surface area contributed by atoms with Gasteiger partial charge in [-0.2, -0.15) is 21.6 Å². The summed E-state index contributed by atoms with van der Waals surface area (Å²) in [5.74, 6) is 0. The zero-order chi connectivity index (χ0) is 17.6. The molecule has 0 radical (unpaired) electrons. The van der Waals surface area contributed by atoms with Crippen molar-refractivity contribution in [2.45, 2.75) is 73.8 Å². The van der Waals surface area contributed by atoms with Gasteiger partial charge in [-0.1, -0.05) is 0 Å². The summed E-state index contributed by atoms with van der Waals surface area (Å²) in [6, 6.07) is 0. The van der Waals surface area contributed by atoms with Gasteiger partial charge >= 0.3 is 117 Å². The van der Waals surface area contributed by atoms with E-state index in [-0.39, 0.29) is 6.42 Å². The van der Waals surface area contributed by atoms with Gasteiger partial charge in [-0.15, -0.1) is 0 Å². The molecule has 0 amide bonds. The molecule has 0 aliphatic heterocycles. The molecule has 0 aromatic carbocycles. The number of halogens is 4. The van der Waals surface area contributed by atoms with Crippen molar-refractivity contribution in [3.63, 3.8) is 0 Å². The summed E-state index contributed by atoms with van der Waals surface area (Å²) < 4.78 is 78.9. The standard InChI is InChI=1S/C12H21F4.Na.H2O4S/c13-11-9-7-5-3-1-2-4-6-8-10-12(14,15)16;;1-5(2,3)4/h11H,1-10H2;;(H2,1,2,3,4). The summed E-state index contributed by atoms with van der Waals surface area (Å²) in [4.78, 5) is 0. The Bertz CT molecular complexity index is 340. The molecular weight excluding hydrogens is 339 g/mol. The molecule has 0 saturated heterocycles. The summed E-state index contributed by atoms with van der Waals surface area (Å²) in [5.41, 5.74) is 0. The van der Waals surface area contributed by atoms with Gasteiger partial charge in [0, 0.05) is 0 Å². The van der Waals surface area contributed by atoms with Gasteiger partial charge in [-0.25, -0.2) is 0 Å². The molecule has 1 atom stereocenters. The maximum absolute atomic E-state index is 12.5. The van der Waals surface area contributed by atoms with Crippen LogP contribution in [0.1, 0.15) is 64.2 Å². The number of rotatable bonds is 10. The molecule has 0 rings (SSSR count). The Hall–Kier alpha value is 0.590. The zero-order valence-corrected chi connectivity index (χ0v) is 15.6. The van der Waals surface area contributed by atoms with Crippen LogP contribution in [0.15, 0.2) is 0 Å². The Labute approximate surface area is 147 Å². The van der Waals surface area contributed by atoms with E-state index in [1.807, 2.05) is 0 Å². The molecule has 0 heterocycles. The summed E-state index contributed by atoms with van der Waals surface area (Å²) >= 11 is 0.627. The van der Waals surface area contributed by atoms with E-state index in [0.29, 0.717) is 40.8 Å². The monoisotopic (exact) mass is 362 g/mol. The van der Waals surface area contributed by atoms with Crippen molar-refractivity contribution in [2.75, 3.05) is 0 Å². The third kappa shape index (κ3) is 37.1. The second kappa shape index (κ2) is 14.0. The minimum atomic E-state index is -4.67. The van der Waals surface area contributed by atoms with Crippen molar-refractivity contribution >= 4 is 38.3 Å². The summed E-state index contributed by atoms with van der Waals surface area (Å²) in [5, 5.41) is 0. The predicted molar refractivity (Wildman–Crippen MR) is 77.1 cm³/mol. The fourth-order valence-electron chi connectivity index (χ4n) is 1.81. The second-order valence-corrected chi connectivity index (χ2v) is 7.36. The first kappa shape index (κ1) is 24.8. The summed E-state index contributed by atoms with van der Waals surface area (Å²) in [7, 11) is -4.67. The van der Waals surface area contributed by atoms with Gasteiger partial charge in [0.05, 0.1) is 0 Å². The first-order chi connectivity index (χ1) is 9.92.